The summed E-state index contributed by atoms with van der Waals surface area (Å²) in [4.78, 5) is 8.99. The standard InChI is InChI=1S/C11H17N3S2/c1-7-4-9(3)16-11(14-7)12-5-10-13-8(2)6-15-10/h6-7,9H,4-5H2,1-3H3,(H,12,14). The minimum Gasteiger partial charge on any atom is -0.362 e. The van der Waals surface area contributed by atoms with Crippen LogP contribution in [0.5, 0.6) is 0 Å². The van der Waals surface area contributed by atoms with Gasteiger partial charge in [-0.15, -0.1) is 11.3 Å². The fraction of sp³-hybridized carbons (Fsp3) is 0.636. The van der Waals surface area contributed by atoms with E-state index in [4.69, 9.17) is 0 Å². The molecule has 5 heteroatoms. The van der Waals surface area contributed by atoms with E-state index in [0.29, 0.717) is 17.8 Å². The van der Waals surface area contributed by atoms with Crippen molar-refractivity contribution in [2.24, 2.45) is 4.99 Å². The number of thioether (sulfide) groups is 1. The van der Waals surface area contributed by atoms with E-state index in [9.17, 15) is 0 Å². The van der Waals surface area contributed by atoms with Crippen LogP contribution in [0.1, 0.15) is 31.0 Å². The number of rotatable bonds is 2. The minimum absolute atomic E-state index is 0.535. The number of aryl methyl sites for hydroxylation is 1. The third-order valence-corrected chi connectivity index (χ3v) is 4.41. The Bertz CT molecular complexity index is 374. The second-order valence-corrected chi connectivity index (χ2v) is 6.58. The Labute approximate surface area is 105 Å². The van der Waals surface area contributed by atoms with Crippen LogP contribution in [0, 0.1) is 6.92 Å². The Morgan fingerprint density at radius 1 is 1.56 bits per heavy atom. The van der Waals surface area contributed by atoms with Crippen molar-refractivity contribution in [1.29, 1.82) is 0 Å². The Morgan fingerprint density at radius 3 is 3.00 bits per heavy atom. The first-order valence-corrected chi connectivity index (χ1v) is 7.28. The summed E-state index contributed by atoms with van der Waals surface area (Å²) in [5.41, 5.74) is 1.09. The monoisotopic (exact) mass is 255 g/mol. The van der Waals surface area contributed by atoms with E-state index in [0.717, 1.165) is 15.9 Å². The van der Waals surface area contributed by atoms with Crippen molar-refractivity contribution in [3.63, 3.8) is 0 Å². The molecular formula is C11H17N3S2. The Morgan fingerprint density at radius 2 is 2.38 bits per heavy atom. The molecule has 2 heterocycles. The summed E-state index contributed by atoms with van der Waals surface area (Å²) in [7, 11) is 0. The second kappa shape index (κ2) is 5.19. The van der Waals surface area contributed by atoms with Crippen molar-refractivity contribution in [3.05, 3.63) is 16.1 Å². The van der Waals surface area contributed by atoms with E-state index in [1.807, 2.05) is 18.7 Å². The molecule has 3 nitrogen and oxygen atoms in total. The molecule has 0 radical (unpaired) electrons. The van der Waals surface area contributed by atoms with Gasteiger partial charge < -0.3 is 5.32 Å². The lowest BCUT2D eigenvalue weighted by Crippen LogP contribution is -2.38. The molecule has 0 aliphatic carbocycles. The number of hydrogen-bond acceptors (Lipinski definition) is 4. The molecule has 0 amide bonds. The molecule has 1 fully saturated rings. The van der Waals surface area contributed by atoms with Crippen molar-refractivity contribution >= 4 is 28.3 Å². The van der Waals surface area contributed by atoms with Gasteiger partial charge >= 0.3 is 0 Å². The lowest BCUT2D eigenvalue weighted by Gasteiger charge is -2.26. The van der Waals surface area contributed by atoms with Gasteiger partial charge in [0.25, 0.3) is 0 Å². The topological polar surface area (TPSA) is 37.3 Å². The normalized spacial score (nSPS) is 28.1. The van der Waals surface area contributed by atoms with E-state index in [1.165, 1.54) is 6.42 Å². The summed E-state index contributed by atoms with van der Waals surface area (Å²) in [5, 5.41) is 8.31. The maximum atomic E-state index is 4.58. The molecule has 2 unspecified atom stereocenters. The number of aromatic nitrogens is 1. The predicted molar refractivity (Wildman–Crippen MR) is 72.3 cm³/mol. The average molecular weight is 255 g/mol. The van der Waals surface area contributed by atoms with E-state index in [2.05, 4.69) is 34.5 Å². The van der Waals surface area contributed by atoms with Crippen molar-refractivity contribution in [2.75, 3.05) is 0 Å². The zero-order valence-electron chi connectivity index (χ0n) is 9.86. The summed E-state index contributed by atoms with van der Waals surface area (Å²) in [6.45, 7) is 7.18. The molecule has 0 aromatic carbocycles. The highest BCUT2D eigenvalue weighted by atomic mass is 32.2. The predicted octanol–water partition coefficient (Wildman–Crippen LogP) is 2.81. The van der Waals surface area contributed by atoms with Crippen molar-refractivity contribution in [2.45, 2.75) is 45.0 Å². The number of nitrogens with one attached hydrogen (secondary N) is 1. The number of aliphatic imine (C=N–C) groups is 1. The zero-order valence-corrected chi connectivity index (χ0v) is 11.5. The van der Waals surface area contributed by atoms with Gasteiger partial charge in [0.2, 0.25) is 0 Å². The van der Waals surface area contributed by atoms with Crippen molar-refractivity contribution in [1.82, 2.24) is 10.3 Å². The fourth-order valence-electron chi connectivity index (χ4n) is 1.74. The van der Waals surface area contributed by atoms with Gasteiger partial charge in [-0.3, -0.25) is 4.99 Å². The van der Waals surface area contributed by atoms with Crippen LogP contribution in [0.15, 0.2) is 10.4 Å². The number of nitrogens with zero attached hydrogens (tertiary/aromatic N) is 2. The third kappa shape index (κ3) is 3.22. The maximum absolute atomic E-state index is 4.58. The molecule has 2 atom stereocenters. The molecule has 0 saturated carbocycles. The van der Waals surface area contributed by atoms with Crippen molar-refractivity contribution in [3.8, 4) is 0 Å². The van der Waals surface area contributed by atoms with Gasteiger partial charge in [0.05, 0.1) is 6.54 Å². The van der Waals surface area contributed by atoms with E-state index in [-0.39, 0.29) is 0 Å². The molecule has 1 aromatic heterocycles. The number of amidine groups is 1. The van der Waals surface area contributed by atoms with Crippen LogP contribution in [-0.2, 0) is 6.54 Å². The summed E-state index contributed by atoms with van der Waals surface area (Å²) in [6, 6.07) is 0.535. The van der Waals surface area contributed by atoms with Crippen LogP contribution in [-0.4, -0.2) is 21.4 Å². The first-order valence-electron chi connectivity index (χ1n) is 5.52. The third-order valence-electron chi connectivity index (χ3n) is 2.39. The molecule has 1 saturated heterocycles. The molecule has 1 N–H and O–H groups in total. The van der Waals surface area contributed by atoms with E-state index >= 15 is 0 Å². The number of thiazole rings is 1. The van der Waals surface area contributed by atoms with Crippen LogP contribution in [0.25, 0.3) is 0 Å². The van der Waals surface area contributed by atoms with Gasteiger partial charge in [-0.2, -0.15) is 0 Å². The molecule has 2 rings (SSSR count). The van der Waals surface area contributed by atoms with Crippen LogP contribution in [0.4, 0.5) is 0 Å². The SMILES string of the molecule is Cc1csc(CN=C2NC(C)CC(C)S2)n1. The molecule has 1 aliphatic heterocycles. The largest absolute Gasteiger partial charge is 0.362 e. The van der Waals surface area contributed by atoms with Gasteiger partial charge in [-0.05, 0) is 20.3 Å². The molecule has 0 spiro atoms. The van der Waals surface area contributed by atoms with Crippen LogP contribution >= 0.6 is 23.1 Å². The fourth-order valence-corrected chi connectivity index (χ4v) is 3.61. The molecule has 0 bridgehead atoms. The smallest absolute Gasteiger partial charge is 0.157 e. The Hall–Kier alpha value is -0.550. The molecule has 16 heavy (non-hydrogen) atoms. The quantitative estimate of drug-likeness (QED) is 0.883. The highest BCUT2D eigenvalue weighted by Crippen LogP contribution is 2.22. The lowest BCUT2D eigenvalue weighted by atomic mass is 10.2. The minimum atomic E-state index is 0.535. The first kappa shape index (κ1) is 11.9. The van der Waals surface area contributed by atoms with Gasteiger partial charge in [0.15, 0.2) is 5.17 Å². The van der Waals surface area contributed by atoms with Gasteiger partial charge in [0, 0.05) is 22.4 Å². The van der Waals surface area contributed by atoms with Gasteiger partial charge in [-0.25, -0.2) is 4.98 Å². The number of hydrogen-bond donors (Lipinski definition) is 1. The lowest BCUT2D eigenvalue weighted by molar-refractivity contribution is 0.597. The molecule has 1 aliphatic rings. The first-order chi connectivity index (χ1) is 7.63. The summed E-state index contributed by atoms with van der Waals surface area (Å²) in [6.07, 6.45) is 1.21. The second-order valence-electron chi connectivity index (χ2n) is 4.21. The summed E-state index contributed by atoms with van der Waals surface area (Å²) < 4.78 is 0. The maximum Gasteiger partial charge on any atom is 0.157 e. The molecular weight excluding hydrogens is 238 g/mol. The highest BCUT2D eigenvalue weighted by molar-refractivity contribution is 8.14. The molecule has 1 aromatic rings. The average Bonchev–Trinajstić information content (AvgIpc) is 2.60. The van der Waals surface area contributed by atoms with Crippen LogP contribution in [0.3, 0.4) is 0 Å². The highest BCUT2D eigenvalue weighted by Gasteiger charge is 2.19. The van der Waals surface area contributed by atoms with E-state index in [1.54, 1.807) is 11.3 Å². The van der Waals surface area contributed by atoms with Crippen LogP contribution in [0.2, 0.25) is 0 Å². The summed E-state index contributed by atoms with van der Waals surface area (Å²) in [5.74, 6) is 0. The van der Waals surface area contributed by atoms with Gasteiger partial charge in [-0.1, -0.05) is 18.7 Å². The van der Waals surface area contributed by atoms with Crippen molar-refractivity contribution < 1.29 is 0 Å². The van der Waals surface area contributed by atoms with Gasteiger partial charge in [0.1, 0.15) is 5.01 Å². The Kier molecular flexibility index (Phi) is 3.86. The molecule has 88 valence electrons. The summed E-state index contributed by atoms with van der Waals surface area (Å²) >= 11 is 3.52. The Balaban J connectivity index is 1.96. The van der Waals surface area contributed by atoms with E-state index < -0.39 is 0 Å². The van der Waals surface area contributed by atoms with Crippen LogP contribution < -0.4 is 5.32 Å². The zero-order chi connectivity index (χ0) is 11.5.